The smallest absolute Gasteiger partial charge is 0.251 e. The minimum atomic E-state index is -0.174. The summed E-state index contributed by atoms with van der Waals surface area (Å²) in [6, 6.07) is 5.04. The first kappa shape index (κ1) is 15.3. The van der Waals surface area contributed by atoms with Crippen molar-refractivity contribution in [1.82, 2.24) is 5.32 Å². The molecular formula is C14H22N2O3. The quantitative estimate of drug-likeness (QED) is 0.819. The van der Waals surface area contributed by atoms with E-state index in [2.05, 4.69) is 5.32 Å². The molecule has 1 aromatic rings. The molecule has 0 saturated heterocycles. The zero-order valence-electron chi connectivity index (χ0n) is 11.9. The SMILES string of the molecule is COc1cc(C(=O)N[C@@H](C)CN)ccc1OC(C)C. The number of rotatable bonds is 6. The molecule has 1 atom stereocenters. The molecule has 0 saturated carbocycles. The predicted octanol–water partition coefficient (Wildman–Crippen LogP) is 1.56. The van der Waals surface area contributed by atoms with E-state index in [4.69, 9.17) is 15.2 Å². The van der Waals surface area contributed by atoms with Gasteiger partial charge in [0.1, 0.15) is 0 Å². The van der Waals surface area contributed by atoms with Crippen LogP contribution in [0.1, 0.15) is 31.1 Å². The number of ether oxygens (including phenoxy) is 2. The zero-order valence-corrected chi connectivity index (χ0v) is 11.9. The van der Waals surface area contributed by atoms with E-state index in [1.165, 1.54) is 0 Å². The first-order chi connectivity index (χ1) is 8.97. The van der Waals surface area contributed by atoms with Crippen LogP contribution in [0.15, 0.2) is 18.2 Å². The number of methoxy groups -OCH3 is 1. The first-order valence-corrected chi connectivity index (χ1v) is 6.33. The number of nitrogens with one attached hydrogen (secondary N) is 1. The summed E-state index contributed by atoms with van der Waals surface area (Å²) < 4.78 is 10.8. The van der Waals surface area contributed by atoms with Gasteiger partial charge in [-0.05, 0) is 39.0 Å². The van der Waals surface area contributed by atoms with Crippen LogP contribution in [0, 0.1) is 0 Å². The fourth-order valence-electron chi connectivity index (χ4n) is 1.53. The van der Waals surface area contributed by atoms with Gasteiger partial charge in [0, 0.05) is 18.2 Å². The Morgan fingerprint density at radius 3 is 2.53 bits per heavy atom. The van der Waals surface area contributed by atoms with Crippen LogP contribution in [-0.4, -0.2) is 31.7 Å². The highest BCUT2D eigenvalue weighted by Gasteiger charge is 2.13. The van der Waals surface area contributed by atoms with Crippen molar-refractivity contribution in [3.05, 3.63) is 23.8 Å². The molecule has 0 bridgehead atoms. The van der Waals surface area contributed by atoms with Gasteiger partial charge in [-0.2, -0.15) is 0 Å². The summed E-state index contributed by atoms with van der Waals surface area (Å²) in [5, 5.41) is 2.80. The fourth-order valence-corrected chi connectivity index (χ4v) is 1.53. The molecule has 1 aromatic carbocycles. The van der Waals surface area contributed by atoms with Crippen molar-refractivity contribution in [1.29, 1.82) is 0 Å². The van der Waals surface area contributed by atoms with E-state index in [-0.39, 0.29) is 18.1 Å². The molecule has 0 aliphatic heterocycles. The van der Waals surface area contributed by atoms with Gasteiger partial charge in [-0.3, -0.25) is 4.79 Å². The Balaban J connectivity index is 2.90. The maximum Gasteiger partial charge on any atom is 0.251 e. The normalized spacial score (nSPS) is 12.1. The molecule has 106 valence electrons. The molecule has 0 radical (unpaired) electrons. The Morgan fingerprint density at radius 1 is 1.32 bits per heavy atom. The summed E-state index contributed by atoms with van der Waals surface area (Å²) in [7, 11) is 1.55. The maximum absolute atomic E-state index is 12.0. The van der Waals surface area contributed by atoms with Crippen LogP contribution in [0.25, 0.3) is 0 Å². The number of hydrogen-bond acceptors (Lipinski definition) is 4. The average molecular weight is 266 g/mol. The highest BCUT2D eigenvalue weighted by atomic mass is 16.5. The van der Waals surface area contributed by atoms with E-state index in [9.17, 15) is 4.79 Å². The standard InChI is InChI=1S/C14H22N2O3/c1-9(2)19-12-6-5-11(7-13(12)18-4)14(17)16-10(3)8-15/h5-7,9-10H,8,15H2,1-4H3,(H,16,17)/t10-/m0/s1. The van der Waals surface area contributed by atoms with E-state index in [1.807, 2.05) is 20.8 Å². The topological polar surface area (TPSA) is 73.6 Å². The van der Waals surface area contributed by atoms with Crippen LogP contribution in [0.5, 0.6) is 11.5 Å². The lowest BCUT2D eigenvalue weighted by molar-refractivity contribution is 0.0941. The Kier molecular flexibility index (Phi) is 5.63. The van der Waals surface area contributed by atoms with Crippen molar-refractivity contribution < 1.29 is 14.3 Å². The van der Waals surface area contributed by atoms with E-state index in [1.54, 1.807) is 25.3 Å². The number of carbonyl (C=O) groups is 1. The van der Waals surface area contributed by atoms with E-state index >= 15 is 0 Å². The Labute approximate surface area is 114 Å². The number of benzene rings is 1. The Bertz CT molecular complexity index is 433. The van der Waals surface area contributed by atoms with Gasteiger partial charge in [0.05, 0.1) is 13.2 Å². The van der Waals surface area contributed by atoms with Gasteiger partial charge in [0.2, 0.25) is 0 Å². The number of carbonyl (C=O) groups excluding carboxylic acids is 1. The second-order valence-corrected chi connectivity index (χ2v) is 4.64. The highest BCUT2D eigenvalue weighted by Crippen LogP contribution is 2.28. The second-order valence-electron chi connectivity index (χ2n) is 4.64. The number of amides is 1. The monoisotopic (exact) mass is 266 g/mol. The predicted molar refractivity (Wildman–Crippen MR) is 74.7 cm³/mol. The summed E-state index contributed by atoms with van der Waals surface area (Å²) in [6.45, 7) is 6.12. The lowest BCUT2D eigenvalue weighted by atomic mass is 10.1. The summed E-state index contributed by atoms with van der Waals surface area (Å²) in [6.07, 6.45) is 0.0471. The number of hydrogen-bond donors (Lipinski definition) is 2. The summed E-state index contributed by atoms with van der Waals surface area (Å²) in [4.78, 5) is 12.0. The lowest BCUT2D eigenvalue weighted by Crippen LogP contribution is -2.37. The molecule has 0 fully saturated rings. The Hall–Kier alpha value is -1.75. The molecule has 0 spiro atoms. The molecule has 0 unspecified atom stereocenters. The molecule has 5 heteroatoms. The van der Waals surface area contributed by atoms with E-state index in [0.29, 0.717) is 23.6 Å². The third-order valence-corrected chi connectivity index (χ3v) is 2.52. The minimum absolute atomic E-state index is 0.0471. The summed E-state index contributed by atoms with van der Waals surface area (Å²) >= 11 is 0. The van der Waals surface area contributed by atoms with Crippen LogP contribution in [0.3, 0.4) is 0 Å². The molecule has 0 aromatic heterocycles. The fraction of sp³-hybridized carbons (Fsp3) is 0.500. The van der Waals surface area contributed by atoms with Crippen molar-refractivity contribution in [2.24, 2.45) is 5.73 Å². The minimum Gasteiger partial charge on any atom is -0.493 e. The summed E-state index contributed by atoms with van der Waals surface area (Å²) in [5.74, 6) is 0.995. The molecule has 0 heterocycles. The molecule has 0 aliphatic carbocycles. The molecule has 3 N–H and O–H groups in total. The van der Waals surface area contributed by atoms with Gasteiger partial charge >= 0.3 is 0 Å². The van der Waals surface area contributed by atoms with Crippen molar-refractivity contribution in [2.75, 3.05) is 13.7 Å². The first-order valence-electron chi connectivity index (χ1n) is 6.33. The van der Waals surface area contributed by atoms with Crippen LogP contribution < -0.4 is 20.5 Å². The highest BCUT2D eigenvalue weighted by molar-refractivity contribution is 5.95. The lowest BCUT2D eigenvalue weighted by Gasteiger charge is -2.15. The van der Waals surface area contributed by atoms with Gasteiger partial charge in [0.25, 0.3) is 5.91 Å². The second kappa shape index (κ2) is 6.99. The maximum atomic E-state index is 12.0. The third-order valence-electron chi connectivity index (χ3n) is 2.52. The van der Waals surface area contributed by atoms with Crippen molar-refractivity contribution >= 4 is 5.91 Å². The van der Waals surface area contributed by atoms with Gasteiger partial charge < -0.3 is 20.5 Å². The van der Waals surface area contributed by atoms with Crippen LogP contribution in [0.2, 0.25) is 0 Å². The van der Waals surface area contributed by atoms with E-state index < -0.39 is 0 Å². The van der Waals surface area contributed by atoms with Crippen molar-refractivity contribution in [3.63, 3.8) is 0 Å². The molecule has 1 rings (SSSR count). The zero-order chi connectivity index (χ0) is 14.4. The van der Waals surface area contributed by atoms with E-state index in [0.717, 1.165) is 0 Å². The number of nitrogens with two attached hydrogens (primary N) is 1. The van der Waals surface area contributed by atoms with Crippen LogP contribution in [0.4, 0.5) is 0 Å². The molecule has 0 aliphatic rings. The van der Waals surface area contributed by atoms with Gasteiger partial charge in [-0.1, -0.05) is 0 Å². The molecule has 5 nitrogen and oxygen atoms in total. The summed E-state index contributed by atoms with van der Waals surface area (Å²) in [5.41, 5.74) is 6.00. The van der Waals surface area contributed by atoms with Crippen LogP contribution >= 0.6 is 0 Å². The molecule has 1 amide bonds. The van der Waals surface area contributed by atoms with Gasteiger partial charge in [-0.15, -0.1) is 0 Å². The van der Waals surface area contributed by atoms with Gasteiger partial charge in [0.15, 0.2) is 11.5 Å². The molecular weight excluding hydrogens is 244 g/mol. The largest absolute Gasteiger partial charge is 0.493 e. The molecule has 19 heavy (non-hydrogen) atoms. The van der Waals surface area contributed by atoms with Gasteiger partial charge in [-0.25, -0.2) is 0 Å². The Morgan fingerprint density at radius 2 is 2.00 bits per heavy atom. The third kappa shape index (κ3) is 4.44. The van der Waals surface area contributed by atoms with Crippen molar-refractivity contribution in [2.45, 2.75) is 32.9 Å². The average Bonchev–Trinajstić information content (AvgIpc) is 2.38. The van der Waals surface area contributed by atoms with Crippen molar-refractivity contribution in [3.8, 4) is 11.5 Å². The van der Waals surface area contributed by atoms with Crippen LogP contribution in [-0.2, 0) is 0 Å².